The fourth-order valence-corrected chi connectivity index (χ4v) is 2.02. The molecular formula is C14H14N4O4S. The predicted octanol–water partition coefficient (Wildman–Crippen LogP) is 0.628. The Kier molecular flexibility index (Phi) is 4.60. The normalized spacial score (nSPS) is 10.9. The largest absolute Gasteiger partial charge is 0.507 e. The lowest BCUT2D eigenvalue weighted by atomic mass is 10.2. The number of amides is 1. The van der Waals surface area contributed by atoms with Gasteiger partial charge in [0.05, 0.1) is 11.8 Å². The van der Waals surface area contributed by atoms with Crippen molar-refractivity contribution in [3.63, 3.8) is 0 Å². The quantitative estimate of drug-likeness (QED) is 0.433. The molecule has 0 bridgehead atoms. The van der Waals surface area contributed by atoms with E-state index in [1.807, 2.05) is 0 Å². The first-order valence-electron chi connectivity index (χ1n) is 6.45. The third-order valence-electron chi connectivity index (χ3n) is 3.18. The Balaban J connectivity index is 2.29. The smallest absolute Gasteiger partial charge is 0.275 e. The molecule has 1 amide bonds. The zero-order chi connectivity index (χ0) is 17.1. The number of rotatable bonds is 3. The van der Waals surface area contributed by atoms with Crippen LogP contribution in [-0.2, 0) is 14.1 Å². The minimum Gasteiger partial charge on any atom is -0.507 e. The zero-order valence-corrected chi connectivity index (χ0v) is 13.2. The molecular weight excluding hydrogens is 320 g/mol. The van der Waals surface area contributed by atoms with Gasteiger partial charge < -0.3 is 10.2 Å². The van der Waals surface area contributed by atoms with Crippen LogP contribution >= 0.6 is 12.2 Å². The highest BCUT2D eigenvalue weighted by molar-refractivity contribution is 7.71. The molecule has 0 saturated carbocycles. The molecule has 1 aromatic heterocycles. The molecule has 1 heterocycles. The van der Waals surface area contributed by atoms with Crippen molar-refractivity contribution in [2.75, 3.05) is 0 Å². The van der Waals surface area contributed by atoms with E-state index in [1.165, 1.54) is 35.4 Å². The molecule has 0 radical (unpaired) electrons. The van der Waals surface area contributed by atoms with E-state index in [-0.39, 0.29) is 27.5 Å². The van der Waals surface area contributed by atoms with E-state index < -0.39 is 11.5 Å². The Morgan fingerprint density at radius 1 is 1.26 bits per heavy atom. The van der Waals surface area contributed by atoms with Crippen LogP contribution in [-0.4, -0.2) is 31.5 Å². The van der Waals surface area contributed by atoms with Gasteiger partial charge in [-0.2, -0.15) is 5.10 Å². The summed E-state index contributed by atoms with van der Waals surface area (Å²) in [5.74, 6) is -1.21. The number of phenols is 1. The molecule has 2 rings (SSSR count). The maximum atomic E-state index is 12.0. The van der Waals surface area contributed by atoms with E-state index >= 15 is 0 Å². The highest BCUT2D eigenvalue weighted by Crippen LogP contribution is 2.15. The van der Waals surface area contributed by atoms with Crippen molar-refractivity contribution in [3.05, 3.63) is 50.5 Å². The summed E-state index contributed by atoms with van der Waals surface area (Å²) < 4.78 is 2.55. The van der Waals surface area contributed by atoms with Gasteiger partial charge >= 0.3 is 0 Å². The maximum Gasteiger partial charge on any atom is 0.275 e. The predicted molar refractivity (Wildman–Crippen MR) is 86.3 cm³/mol. The number of phenolic OH excluding ortho intramolecular Hbond substituents is 1. The lowest BCUT2D eigenvalue weighted by molar-refractivity contribution is 0.0952. The van der Waals surface area contributed by atoms with Gasteiger partial charge in [0.25, 0.3) is 11.5 Å². The average Bonchev–Trinajstić information content (AvgIpc) is 2.54. The van der Waals surface area contributed by atoms with Gasteiger partial charge in [-0.1, -0.05) is 12.1 Å². The molecule has 1 aromatic carbocycles. The monoisotopic (exact) mass is 334 g/mol. The van der Waals surface area contributed by atoms with E-state index in [0.717, 1.165) is 6.21 Å². The van der Waals surface area contributed by atoms with Crippen molar-refractivity contribution in [2.24, 2.45) is 19.2 Å². The fourth-order valence-electron chi connectivity index (χ4n) is 1.85. The summed E-state index contributed by atoms with van der Waals surface area (Å²) in [5, 5.41) is 23.2. The third kappa shape index (κ3) is 3.14. The molecule has 0 aliphatic heterocycles. The van der Waals surface area contributed by atoms with Gasteiger partial charge in [0, 0.05) is 14.1 Å². The summed E-state index contributed by atoms with van der Waals surface area (Å²) in [7, 11) is 2.96. The molecule has 9 heteroatoms. The minimum absolute atomic E-state index is 0.0354. The number of hydrazone groups is 1. The van der Waals surface area contributed by atoms with Crippen LogP contribution in [0.4, 0.5) is 0 Å². The molecule has 120 valence electrons. The van der Waals surface area contributed by atoms with E-state index in [0.29, 0.717) is 0 Å². The number of aromatic nitrogens is 2. The topological polar surface area (TPSA) is 109 Å². The second-order valence-corrected chi connectivity index (χ2v) is 5.02. The first-order chi connectivity index (χ1) is 10.8. The number of nitrogens with one attached hydrogen (secondary N) is 1. The number of carbonyl (C=O) groups is 1. The molecule has 0 spiro atoms. The standard InChI is InChI=1S/C14H14N4O4S/c1-17-12(21)9(13(22)18(2)14(17)23)7-15-16-11(20)8-5-3-4-6-10(8)19/h3-7,19,21H,1-2H3,(H,16,20). The summed E-state index contributed by atoms with van der Waals surface area (Å²) in [6, 6.07) is 5.95. The highest BCUT2D eigenvalue weighted by atomic mass is 32.1. The number of nitrogens with zero attached hydrogens (tertiary/aromatic N) is 3. The summed E-state index contributed by atoms with van der Waals surface area (Å²) in [4.78, 5) is 23.9. The molecule has 2 aromatic rings. The molecule has 0 aliphatic carbocycles. The number of carbonyl (C=O) groups excluding carboxylic acids is 1. The summed E-state index contributed by atoms with van der Waals surface area (Å²) in [5.41, 5.74) is 1.53. The van der Waals surface area contributed by atoms with Crippen LogP contribution in [0.2, 0.25) is 0 Å². The molecule has 0 saturated heterocycles. The fraction of sp³-hybridized carbons (Fsp3) is 0.143. The molecule has 0 unspecified atom stereocenters. The summed E-state index contributed by atoms with van der Waals surface area (Å²) >= 11 is 4.99. The SMILES string of the molecule is Cn1c(O)c(C=NNC(=O)c2ccccc2O)c(=O)n(C)c1=S. The van der Waals surface area contributed by atoms with Crippen LogP contribution in [0.5, 0.6) is 11.6 Å². The number of hydrogen-bond acceptors (Lipinski definition) is 6. The van der Waals surface area contributed by atoms with Crippen LogP contribution in [0, 0.1) is 4.77 Å². The van der Waals surface area contributed by atoms with Crippen molar-refractivity contribution < 1.29 is 15.0 Å². The maximum absolute atomic E-state index is 12.0. The van der Waals surface area contributed by atoms with E-state index in [9.17, 15) is 19.8 Å². The van der Waals surface area contributed by atoms with Crippen molar-refractivity contribution in [2.45, 2.75) is 0 Å². The van der Waals surface area contributed by atoms with Crippen LogP contribution < -0.4 is 11.0 Å². The second-order valence-electron chi connectivity index (χ2n) is 4.66. The summed E-state index contributed by atoms with van der Waals surface area (Å²) in [6.07, 6.45) is 1.02. The van der Waals surface area contributed by atoms with Gasteiger partial charge in [0.15, 0.2) is 4.77 Å². The average molecular weight is 334 g/mol. The van der Waals surface area contributed by atoms with E-state index in [4.69, 9.17) is 12.2 Å². The van der Waals surface area contributed by atoms with Crippen molar-refractivity contribution in [3.8, 4) is 11.6 Å². The first kappa shape index (κ1) is 16.4. The van der Waals surface area contributed by atoms with Crippen molar-refractivity contribution >= 4 is 24.3 Å². The van der Waals surface area contributed by atoms with Gasteiger partial charge in [0.2, 0.25) is 5.88 Å². The Hall–Kier alpha value is -2.94. The third-order valence-corrected chi connectivity index (χ3v) is 3.72. The number of para-hydroxylation sites is 1. The van der Waals surface area contributed by atoms with Crippen molar-refractivity contribution in [1.29, 1.82) is 0 Å². The Labute approximate surface area is 135 Å². The molecule has 0 atom stereocenters. The van der Waals surface area contributed by atoms with E-state index in [2.05, 4.69) is 10.5 Å². The summed E-state index contributed by atoms with van der Waals surface area (Å²) in [6.45, 7) is 0. The number of hydrogen-bond donors (Lipinski definition) is 3. The Morgan fingerprint density at radius 2 is 1.91 bits per heavy atom. The van der Waals surface area contributed by atoms with Crippen LogP contribution in [0.25, 0.3) is 0 Å². The number of aromatic hydroxyl groups is 2. The van der Waals surface area contributed by atoms with Gasteiger partial charge in [-0.15, -0.1) is 0 Å². The molecule has 3 N–H and O–H groups in total. The van der Waals surface area contributed by atoms with Crippen LogP contribution in [0.1, 0.15) is 15.9 Å². The van der Waals surface area contributed by atoms with E-state index in [1.54, 1.807) is 12.1 Å². The van der Waals surface area contributed by atoms with Gasteiger partial charge in [0.1, 0.15) is 11.3 Å². The van der Waals surface area contributed by atoms with Crippen LogP contribution in [0.3, 0.4) is 0 Å². The Bertz CT molecular complexity index is 914. The molecule has 0 fully saturated rings. The minimum atomic E-state index is -0.653. The zero-order valence-electron chi connectivity index (χ0n) is 12.3. The second kappa shape index (κ2) is 6.44. The van der Waals surface area contributed by atoms with Gasteiger partial charge in [-0.25, -0.2) is 5.43 Å². The lowest BCUT2D eigenvalue weighted by Crippen LogP contribution is -2.26. The molecule has 0 aliphatic rings. The van der Waals surface area contributed by atoms with Crippen molar-refractivity contribution in [1.82, 2.24) is 14.6 Å². The lowest BCUT2D eigenvalue weighted by Gasteiger charge is -2.09. The highest BCUT2D eigenvalue weighted by Gasteiger charge is 2.12. The first-order valence-corrected chi connectivity index (χ1v) is 6.85. The molecule has 23 heavy (non-hydrogen) atoms. The molecule has 8 nitrogen and oxygen atoms in total. The van der Waals surface area contributed by atoms with Gasteiger partial charge in [-0.05, 0) is 24.4 Å². The van der Waals surface area contributed by atoms with Crippen LogP contribution in [0.15, 0.2) is 34.2 Å². The number of benzene rings is 1. The van der Waals surface area contributed by atoms with Gasteiger partial charge in [-0.3, -0.25) is 18.7 Å². The Morgan fingerprint density at radius 3 is 2.57 bits per heavy atom.